The summed E-state index contributed by atoms with van der Waals surface area (Å²) in [6.07, 6.45) is 1.56. The molecule has 1 aliphatic rings. The molecule has 0 saturated carbocycles. The molecule has 2 N–H and O–H groups in total. The van der Waals surface area contributed by atoms with E-state index in [2.05, 4.69) is 22.2 Å². The Morgan fingerprint density at radius 3 is 2.55 bits per heavy atom. The second-order valence-corrected chi connectivity index (χ2v) is 7.91. The van der Waals surface area contributed by atoms with Gasteiger partial charge in [-0.05, 0) is 54.6 Å². The third-order valence-electron chi connectivity index (χ3n) is 4.60. The number of aromatic amines is 1. The number of nitrogens with zero attached hydrogens (tertiary/aromatic N) is 2. The fraction of sp³-hybridized carbons (Fsp3) is 0.238. The lowest BCUT2D eigenvalue weighted by atomic mass is 10.2. The lowest BCUT2D eigenvalue weighted by molar-refractivity contribution is -0.121. The number of nitrogens with one attached hydrogen (secondary N) is 2. The first kappa shape index (κ1) is 19.2. The van der Waals surface area contributed by atoms with Crippen molar-refractivity contribution in [1.29, 1.82) is 0 Å². The third kappa shape index (κ3) is 4.02. The van der Waals surface area contributed by atoms with E-state index in [1.54, 1.807) is 36.0 Å². The van der Waals surface area contributed by atoms with Crippen molar-refractivity contribution in [2.45, 2.75) is 31.1 Å². The topological polar surface area (TPSA) is 95.2 Å². The molecule has 3 aromatic rings. The summed E-state index contributed by atoms with van der Waals surface area (Å²) in [6, 6.07) is 12.4. The van der Waals surface area contributed by atoms with Gasteiger partial charge in [-0.3, -0.25) is 24.6 Å². The highest BCUT2D eigenvalue weighted by Gasteiger charge is 2.30. The number of imide groups is 1. The molecule has 0 spiro atoms. The van der Waals surface area contributed by atoms with Crippen LogP contribution in [0.25, 0.3) is 11.0 Å². The van der Waals surface area contributed by atoms with E-state index in [1.807, 2.05) is 18.2 Å². The molecule has 7 nitrogen and oxygen atoms in total. The number of carbonyl (C=O) groups excluding carboxylic acids is 3. The van der Waals surface area contributed by atoms with Gasteiger partial charge in [-0.1, -0.05) is 6.92 Å². The number of rotatable bonds is 6. The zero-order chi connectivity index (χ0) is 20.4. The molecule has 3 amide bonds. The number of carbonyl (C=O) groups is 3. The Kier molecular flexibility index (Phi) is 5.35. The Bertz CT molecular complexity index is 1080. The molecule has 148 valence electrons. The lowest BCUT2D eigenvalue weighted by Crippen LogP contribution is -2.28. The van der Waals surface area contributed by atoms with Crippen LogP contribution in [0.1, 0.15) is 36.5 Å². The van der Waals surface area contributed by atoms with Crippen molar-refractivity contribution in [2.24, 2.45) is 0 Å². The molecule has 0 unspecified atom stereocenters. The molecule has 0 bridgehead atoms. The third-order valence-corrected chi connectivity index (χ3v) is 5.80. The van der Waals surface area contributed by atoms with Gasteiger partial charge in [-0.25, -0.2) is 4.98 Å². The van der Waals surface area contributed by atoms with E-state index in [0.29, 0.717) is 17.2 Å². The van der Waals surface area contributed by atoms with E-state index in [4.69, 9.17) is 0 Å². The molecular weight excluding hydrogens is 388 g/mol. The number of imidazole rings is 1. The lowest BCUT2D eigenvalue weighted by Gasteiger charge is -2.13. The van der Waals surface area contributed by atoms with Crippen molar-refractivity contribution in [3.05, 3.63) is 48.0 Å². The highest BCUT2D eigenvalue weighted by atomic mass is 32.2. The second kappa shape index (κ2) is 8.08. The normalized spacial score (nSPS) is 14.0. The number of amides is 3. The summed E-state index contributed by atoms with van der Waals surface area (Å²) in [5.41, 5.74) is 2.53. The number of hydrogen-bond acceptors (Lipinski definition) is 5. The molecule has 8 heteroatoms. The minimum Gasteiger partial charge on any atom is -0.324 e. The van der Waals surface area contributed by atoms with Crippen molar-refractivity contribution < 1.29 is 14.4 Å². The van der Waals surface area contributed by atoms with Crippen molar-refractivity contribution >= 4 is 52.2 Å². The van der Waals surface area contributed by atoms with E-state index >= 15 is 0 Å². The number of H-pyrrole nitrogens is 1. The van der Waals surface area contributed by atoms with Gasteiger partial charge in [0.25, 0.3) is 5.91 Å². The maximum Gasteiger partial charge on any atom is 0.257 e. The van der Waals surface area contributed by atoms with Crippen LogP contribution in [0, 0.1) is 0 Å². The fourth-order valence-electron chi connectivity index (χ4n) is 3.16. The first-order valence-electron chi connectivity index (χ1n) is 9.45. The summed E-state index contributed by atoms with van der Waals surface area (Å²) in [7, 11) is 0. The number of benzene rings is 2. The van der Waals surface area contributed by atoms with Gasteiger partial charge in [-0.15, -0.1) is 11.8 Å². The first-order valence-corrected chi connectivity index (χ1v) is 10.4. The zero-order valence-corrected chi connectivity index (χ0v) is 16.7. The van der Waals surface area contributed by atoms with Crippen LogP contribution in [0.3, 0.4) is 0 Å². The monoisotopic (exact) mass is 408 g/mol. The van der Waals surface area contributed by atoms with Crippen LogP contribution in [0.2, 0.25) is 0 Å². The van der Waals surface area contributed by atoms with E-state index in [1.165, 1.54) is 0 Å². The number of aromatic nitrogens is 2. The molecule has 1 aliphatic heterocycles. The highest BCUT2D eigenvalue weighted by molar-refractivity contribution is 7.99. The van der Waals surface area contributed by atoms with E-state index in [9.17, 15) is 14.4 Å². The van der Waals surface area contributed by atoms with E-state index in [0.717, 1.165) is 33.0 Å². The molecule has 0 radical (unpaired) electrons. The summed E-state index contributed by atoms with van der Waals surface area (Å²) in [5, 5.41) is 2.76. The summed E-state index contributed by atoms with van der Waals surface area (Å²) in [4.78, 5) is 46.0. The van der Waals surface area contributed by atoms with Crippen molar-refractivity contribution in [3.8, 4) is 0 Å². The van der Waals surface area contributed by atoms with Crippen molar-refractivity contribution in [3.63, 3.8) is 0 Å². The van der Waals surface area contributed by atoms with Crippen LogP contribution < -0.4 is 10.2 Å². The van der Waals surface area contributed by atoms with Gasteiger partial charge < -0.3 is 4.98 Å². The predicted molar refractivity (Wildman–Crippen MR) is 113 cm³/mol. The average Bonchev–Trinajstić information content (AvgIpc) is 3.27. The molecule has 0 atom stereocenters. The maximum absolute atomic E-state index is 12.5. The van der Waals surface area contributed by atoms with Gasteiger partial charge in [0.05, 0.1) is 16.7 Å². The Labute approximate surface area is 171 Å². The van der Waals surface area contributed by atoms with Crippen LogP contribution in [0.4, 0.5) is 11.6 Å². The molecule has 1 fully saturated rings. The van der Waals surface area contributed by atoms with E-state index in [-0.39, 0.29) is 30.6 Å². The van der Waals surface area contributed by atoms with Gasteiger partial charge in [0, 0.05) is 23.3 Å². The molecule has 2 heterocycles. The van der Waals surface area contributed by atoms with Crippen LogP contribution in [0.15, 0.2) is 47.4 Å². The molecule has 4 rings (SSSR count). The predicted octanol–water partition coefficient (Wildman–Crippen LogP) is 3.97. The Morgan fingerprint density at radius 1 is 1.14 bits per heavy atom. The molecule has 29 heavy (non-hydrogen) atoms. The van der Waals surface area contributed by atoms with Crippen LogP contribution in [-0.2, 0) is 9.59 Å². The Hall–Kier alpha value is -3.13. The second-order valence-electron chi connectivity index (χ2n) is 6.74. The molecule has 2 aromatic carbocycles. The standard InChI is InChI=1S/C21H20N4O3S/c1-2-11-29-15-7-8-16-17(12-15)23-21(22-16)24-20(28)13-3-5-14(6-4-13)25-18(26)9-10-19(25)27/h3-8,12H,2,9-11H2,1H3,(H2,22,23,24,28). The number of fused-ring (bicyclic) bond motifs is 1. The van der Waals surface area contributed by atoms with Gasteiger partial charge in [0.1, 0.15) is 0 Å². The summed E-state index contributed by atoms with van der Waals surface area (Å²) in [6.45, 7) is 2.14. The fourth-order valence-corrected chi connectivity index (χ4v) is 3.97. The quantitative estimate of drug-likeness (QED) is 0.475. The average molecular weight is 408 g/mol. The highest BCUT2D eigenvalue weighted by Crippen LogP contribution is 2.25. The summed E-state index contributed by atoms with van der Waals surface area (Å²) in [5.74, 6) is 0.664. The molecule has 1 saturated heterocycles. The summed E-state index contributed by atoms with van der Waals surface area (Å²) < 4.78 is 0. The molecule has 0 aliphatic carbocycles. The maximum atomic E-state index is 12.5. The van der Waals surface area contributed by atoms with Gasteiger partial charge in [0.15, 0.2) is 0 Å². The van der Waals surface area contributed by atoms with Gasteiger partial charge in [-0.2, -0.15) is 0 Å². The number of thioether (sulfide) groups is 1. The van der Waals surface area contributed by atoms with Crippen molar-refractivity contribution in [2.75, 3.05) is 16.0 Å². The number of anilines is 2. The Balaban J connectivity index is 1.47. The SMILES string of the molecule is CCCSc1ccc2nc(NC(=O)c3ccc(N4C(=O)CCC4=O)cc3)[nH]c2c1. The van der Waals surface area contributed by atoms with Crippen LogP contribution in [-0.4, -0.2) is 33.4 Å². The molecular formula is C21H20N4O3S. The largest absolute Gasteiger partial charge is 0.324 e. The zero-order valence-electron chi connectivity index (χ0n) is 15.9. The molecule has 1 aromatic heterocycles. The first-order chi connectivity index (χ1) is 14.0. The van der Waals surface area contributed by atoms with Gasteiger partial charge in [0.2, 0.25) is 17.8 Å². The van der Waals surface area contributed by atoms with Gasteiger partial charge >= 0.3 is 0 Å². The minimum atomic E-state index is -0.324. The number of hydrogen-bond donors (Lipinski definition) is 2. The van der Waals surface area contributed by atoms with Crippen LogP contribution >= 0.6 is 11.8 Å². The van der Waals surface area contributed by atoms with E-state index < -0.39 is 0 Å². The minimum absolute atomic E-state index is 0.217. The summed E-state index contributed by atoms with van der Waals surface area (Å²) >= 11 is 1.78. The Morgan fingerprint density at radius 2 is 1.86 bits per heavy atom. The van der Waals surface area contributed by atoms with Crippen LogP contribution in [0.5, 0.6) is 0 Å². The van der Waals surface area contributed by atoms with Crippen molar-refractivity contribution in [1.82, 2.24) is 9.97 Å². The smallest absolute Gasteiger partial charge is 0.257 e.